The Kier molecular flexibility index (Phi) is 3.73. The largest absolute Gasteiger partial charge is 0.310 e. The van der Waals surface area contributed by atoms with E-state index in [1.807, 2.05) is 0 Å². The molecule has 2 heterocycles. The summed E-state index contributed by atoms with van der Waals surface area (Å²) in [5, 5.41) is 7.54. The Hall–Kier alpha value is -1.43. The molecule has 1 aromatic rings. The number of hydrogen-bond donors (Lipinski definition) is 0. The van der Waals surface area contributed by atoms with Crippen LogP contribution in [0.15, 0.2) is 18.5 Å². The highest BCUT2D eigenvalue weighted by atomic mass is 32.2. The summed E-state index contributed by atoms with van der Waals surface area (Å²) in [5.74, 6) is 1.03. The Morgan fingerprint density at radius 3 is 3.06 bits per heavy atom. The molecular formula is C11H13N3O2S. The third kappa shape index (κ3) is 3.03. The maximum atomic E-state index is 11.8. The minimum Gasteiger partial charge on any atom is -0.310 e. The SMILES string of the molecule is CC(=O)SCC1CC(=O)N(c2ccnnc2)C1. The van der Waals surface area contributed by atoms with Gasteiger partial charge in [-0.1, -0.05) is 11.8 Å². The van der Waals surface area contributed by atoms with Crippen LogP contribution in [0.2, 0.25) is 0 Å². The van der Waals surface area contributed by atoms with Gasteiger partial charge in [0.05, 0.1) is 18.1 Å². The Bertz CT molecular complexity index is 424. The molecule has 90 valence electrons. The summed E-state index contributed by atoms with van der Waals surface area (Å²) in [7, 11) is 0. The van der Waals surface area contributed by atoms with E-state index in [9.17, 15) is 9.59 Å². The molecule has 1 saturated heterocycles. The Morgan fingerprint density at radius 2 is 2.41 bits per heavy atom. The second-order valence-electron chi connectivity index (χ2n) is 3.98. The predicted octanol–water partition coefficient (Wildman–Crippen LogP) is 1.11. The van der Waals surface area contributed by atoms with Crippen molar-refractivity contribution in [1.82, 2.24) is 10.2 Å². The minimum atomic E-state index is 0.0900. The molecule has 1 aliphatic heterocycles. The van der Waals surface area contributed by atoms with Crippen molar-refractivity contribution < 1.29 is 9.59 Å². The van der Waals surface area contributed by atoms with Crippen molar-refractivity contribution in [2.75, 3.05) is 17.2 Å². The number of aromatic nitrogens is 2. The lowest BCUT2D eigenvalue weighted by atomic mass is 10.1. The zero-order valence-corrected chi connectivity index (χ0v) is 10.3. The van der Waals surface area contributed by atoms with Crippen LogP contribution in [0.1, 0.15) is 13.3 Å². The van der Waals surface area contributed by atoms with Crippen LogP contribution in [0.4, 0.5) is 5.69 Å². The fraction of sp³-hybridized carbons (Fsp3) is 0.455. The summed E-state index contributed by atoms with van der Waals surface area (Å²) in [6, 6.07) is 1.77. The second kappa shape index (κ2) is 5.27. The van der Waals surface area contributed by atoms with Gasteiger partial charge in [-0.2, -0.15) is 10.2 Å². The highest BCUT2D eigenvalue weighted by Gasteiger charge is 2.30. The van der Waals surface area contributed by atoms with Crippen molar-refractivity contribution in [3.8, 4) is 0 Å². The van der Waals surface area contributed by atoms with E-state index in [4.69, 9.17) is 0 Å². The van der Waals surface area contributed by atoms with Crippen LogP contribution in [-0.4, -0.2) is 33.5 Å². The molecule has 0 aliphatic carbocycles. The number of thioether (sulfide) groups is 1. The fourth-order valence-electron chi connectivity index (χ4n) is 1.82. The average Bonchev–Trinajstić information content (AvgIpc) is 2.69. The van der Waals surface area contributed by atoms with Gasteiger partial charge in [0.15, 0.2) is 5.12 Å². The molecule has 1 fully saturated rings. The maximum Gasteiger partial charge on any atom is 0.227 e. The number of anilines is 1. The normalized spacial score (nSPS) is 19.7. The molecule has 0 spiro atoms. The van der Waals surface area contributed by atoms with Crippen molar-refractivity contribution in [2.45, 2.75) is 13.3 Å². The van der Waals surface area contributed by atoms with E-state index in [1.54, 1.807) is 30.3 Å². The molecule has 1 aliphatic rings. The molecule has 1 unspecified atom stereocenters. The number of carbonyl (C=O) groups excluding carboxylic acids is 2. The van der Waals surface area contributed by atoms with Crippen LogP contribution in [0.5, 0.6) is 0 Å². The lowest BCUT2D eigenvalue weighted by Gasteiger charge is -2.15. The molecular weight excluding hydrogens is 238 g/mol. The van der Waals surface area contributed by atoms with Crippen LogP contribution >= 0.6 is 11.8 Å². The van der Waals surface area contributed by atoms with E-state index in [0.717, 1.165) is 5.69 Å². The van der Waals surface area contributed by atoms with Gasteiger partial charge >= 0.3 is 0 Å². The van der Waals surface area contributed by atoms with Crippen LogP contribution in [0.25, 0.3) is 0 Å². The third-order valence-electron chi connectivity index (χ3n) is 2.61. The summed E-state index contributed by atoms with van der Waals surface area (Å²) < 4.78 is 0. The van der Waals surface area contributed by atoms with E-state index in [0.29, 0.717) is 18.7 Å². The molecule has 0 N–H and O–H groups in total. The summed E-state index contributed by atoms with van der Waals surface area (Å²) in [4.78, 5) is 24.4. The van der Waals surface area contributed by atoms with Crippen molar-refractivity contribution in [3.63, 3.8) is 0 Å². The Morgan fingerprint density at radius 1 is 1.59 bits per heavy atom. The number of amides is 1. The van der Waals surface area contributed by atoms with Crippen LogP contribution in [0, 0.1) is 5.92 Å². The summed E-state index contributed by atoms with van der Waals surface area (Å²) in [5.41, 5.74) is 0.778. The molecule has 0 saturated carbocycles. The van der Waals surface area contributed by atoms with Gasteiger partial charge in [-0.05, 0) is 12.0 Å². The molecule has 1 amide bonds. The molecule has 1 aromatic heterocycles. The van der Waals surface area contributed by atoms with Gasteiger partial charge in [-0.15, -0.1) is 0 Å². The molecule has 0 aromatic carbocycles. The van der Waals surface area contributed by atoms with Gasteiger partial charge in [0, 0.05) is 25.6 Å². The zero-order chi connectivity index (χ0) is 12.3. The van der Waals surface area contributed by atoms with E-state index in [1.165, 1.54) is 11.8 Å². The number of hydrogen-bond acceptors (Lipinski definition) is 5. The monoisotopic (exact) mass is 251 g/mol. The lowest BCUT2D eigenvalue weighted by molar-refractivity contribution is -0.117. The Balaban J connectivity index is 1.98. The second-order valence-corrected chi connectivity index (χ2v) is 5.17. The standard InChI is InChI=1S/C11H13N3O2S/c1-8(15)17-7-9-4-11(16)14(6-9)10-2-3-12-13-5-10/h2-3,5,9H,4,6-7H2,1H3. The average molecular weight is 251 g/mol. The van der Waals surface area contributed by atoms with Crippen LogP contribution in [0.3, 0.4) is 0 Å². The van der Waals surface area contributed by atoms with Crippen LogP contribution < -0.4 is 4.90 Å². The Labute approximate surface area is 104 Å². The first-order chi connectivity index (χ1) is 8.16. The van der Waals surface area contributed by atoms with Crippen molar-refractivity contribution in [1.29, 1.82) is 0 Å². The van der Waals surface area contributed by atoms with Crippen LogP contribution in [-0.2, 0) is 9.59 Å². The molecule has 0 radical (unpaired) electrons. The van der Waals surface area contributed by atoms with Gasteiger partial charge < -0.3 is 4.90 Å². The summed E-state index contributed by atoms with van der Waals surface area (Å²) >= 11 is 1.28. The molecule has 17 heavy (non-hydrogen) atoms. The quantitative estimate of drug-likeness (QED) is 0.805. The van der Waals surface area contributed by atoms with Gasteiger partial charge in [0.1, 0.15) is 0 Å². The molecule has 2 rings (SSSR count). The van der Waals surface area contributed by atoms with E-state index >= 15 is 0 Å². The fourth-order valence-corrected chi connectivity index (χ4v) is 2.51. The number of nitrogens with zero attached hydrogens (tertiary/aromatic N) is 3. The number of carbonyl (C=O) groups is 2. The van der Waals surface area contributed by atoms with Crippen molar-refractivity contribution in [3.05, 3.63) is 18.5 Å². The predicted molar refractivity (Wildman–Crippen MR) is 65.6 cm³/mol. The third-order valence-corrected chi connectivity index (χ3v) is 3.65. The summed E-state index contributed by atoms with van der Waals surface area (Å²) in [6.45, 7) is 2.21. The maximum absolute atomic E-state index is 11.8. The first-order valence-corrected chi connectivity index (χ1v) is 6.36. The van der Waals surface area contributed by atoms with Crippen molar-refractivity contribution >= 4 is 28.5 Å². The van der Waals surface area contributed by atoms with Gasteiger partial charge in [0.25, 0.3) is 0 Å². The molecule has 6 heteroatoms. The molecule has 0 bridgehead atoms. The zero-order valence-electron chi connectivity index (χ0n) is 9.50. The minimum absolute atomic E-state index is 0.0900. The first kappa shape index (κ1) is 12.0. The smallest absolute Gasteiger partial charge is 0.227 e. The summed E-state index contributed by atoms with van der Waals surface area (Å²) in [6.07, 6.45) is 3.65. The van der Waals surface area contributed by atoms with Crippen molar-refractivity contribution in [2.24, 2.45) is 5.92 Å². The highest BCUT2D eigenvalue weighted by Crippen LogP contribution is 2.26. The molecule has 5 nitrogen and oxygen atoms in total. The van der Waals surface area contributed by atoms with E-state index in [-0.39, 0.29) is 16.9 Å². The van der Waals surface area contributed by atoms with E-state index in [2.05, 4.69) is 10.2 Å². The highest BCUT2D eigenvalue weighted by molar-refractivity contribution is 8.13. The van der Waals surface area contributed by atoms with Gasteiger partial charge in [-0.3, -0.25) is 9.59 Å². The van der Waals surface area contributed by atoms with Gasteiger partial charge in [-0.25, -0.2) is 0 Å². The number of rotatable bonds is 3. The molecule has 1 atom stereocenters. The van der Waals surface area contributed by atoms with Gasteiger partial charge in [0.2, 0.25) is 5.91 Å². The topological polar surface area (TPSA) is 63.2 Å². The van der Waals surface area contributed by atoms with E-state index < -0.39 is 0 Å². The lowest BCUT2D eigenvalue weighted by Crippen LogP contribution is -2.24. The first-order valence-electron chi connectivity index (χ1n) is 5.37.